The van der Waals surface area contributed by atoms with Gasteiger partial charge in [0.25, 0.3) is 0 Å². The molecular weight excluding hydrogens is 294 g/mol. The van der Waals surface area contributed by atoms with Gasteiger partial charge in [0.05, 0.1) is 5.41 Å². The van der Waals surface area contributed by atoms with Crippen LogP contribution in [0.5, 0.6) is 0 Å². The summed E-state index contributed by atoms with van der Waals surface area (Å²) in [6.45, 7) is 4.16. The predicted molar refractivity (Wildman–Crippen MR) is 90.2 cm³/mol. The molecule has 1 N–H and O–H groups in total. The van der Waals surface area contributed by atoms with E-state index in [9.17, 15) is 4.79 Å². The number of hydrogen-bond acceptors (Lipinski definition) is 1. The highest BCUT2D eigenvalue weighted by molar-refractivity contribution is 6.24. The molecule has 3 heteroatoms. The Hall–Kier alpha value is -1.02. The van der Waals surface area contributed by atoms with Gasteiger partial charge >= 0.3 is 0 Å². The van der Waals surface area contributed by atoms with E-state index in [0.717, 1.165) is 37.8 Å². The Balaban J connectivity index is 1.61. The Labute approximate surface area is 137 Å². The molecule has 0 saturated heterocycles. The molecule has 4 aliphatic carbocycles. The summed E-state index contributed by atoms with van der Waals surface area (Å²) >= 11 is 6.84. The zero-order valence-corrected chi connectivity index (χ0v) is 14.2. The van der Waals surface area contributed by atoms with Crippen LogP contribution in [-0.2, 0) is 4.79 Å². The Morgan fingerprint density at radius 3 is 2.50 bits per heavy atom. The maximum atomic E-state index is 13.1. The van der Waals surface area contributed by atoms with Crippen LogP contribution < -0.4 is 5.32 Å². The molecule has 5 rings (SSSR count). The number of hydrogen-bond donors (Lipinski definition) is 1. The molecular formula is C19H24ClNO. The first-order chi connectivity index (χ1) is 10.4. The molecule has 4 saturated carbocycles. The van der Waals surface area contributed by atoms with E-state index in [2.05, 4.69) is 25.2 Å². The van der Waals surface area contributed by atoms with Crippen molar-refractivity contribution in [2.75, 3.05) is 5.32 Å². The molecule has 1 aromatic carbocycles. The fourth-order valence-corrected chi connectivity index (χ4v) is 6.25. The minimum Gasteiger partial charge on any atom is -0.325 e. The van der Waals surface area contributed by atoms with Gasteiger partial charge in [0.15, 0.2) is 0 Å². The van der Waals surface area contributed by atoms with Gasteiger partial charge in [-0.1, -0.05) is 12.1 Å². The number of carbonyl (C=O) groups excluding carboxylic acids is 1. The van der Waals surface area contributed by atoms with Gasteiger partial charge in [0.1, 0.15) is 0 Å². The Morgan fingerprint density at radius 2 is 1.86 bits per heavy atom. The van der Waals surface area contributed by atoms with Gasteiger partial charge in [0, 0.05) is 10.6 Å². The number of alkyl halides is 1. The standard InChI is InChI=1S/C19H24ClNO/c1-12-4-3-5-16(13(12)2)21-17(22)18-7-14-6-15(8-18)10-19(20,9-14)11-18/h3-5,14-15H,6-11H2,1-2H3,(H,21,22)/t14-,15+,18?,19?. The lowest BCUT2D eigenvalue weighted by molar-refractivity contribution is -0.138. The van der Waals surface area contributed by atoms with Crippen molar-refractivity contribution in [2.45, 2.75) is 57.2 Å². The lowest BCUT2D eigenvalue weighted by atomic mass is 9.49. The molecule has 0 radical (unpaired) electrons. The highest BCUT2D eigenvalue weighted by Gasteiger charge is 2.60. The van der Waals surface area contributed by atoms with Crippen molar-refractivity contribution in [2.24, 2.45) is 17.3 Å². The molecule has 0 spiro atoms. The average Bonchev–Trinajstić information content (AvgIpc) is 2.41. The summed E-state index contributed by atoms with van der Waals surface area (Å²) < 4.78 is 0. The molecule has 0 heterocycles. The number of anilines is 1. The molecule has 1 aromatic rings. The number of benzene rings is 1. The topological polar surface area (TPSA) is 29.1 Å². The van der Waals surface area contributed by atoms with Crippen LogP contribution in [0.3, 0.4) is 0 Å². The van der Waals surface area contributed by atoms with Crippen molar-refractivity contribution in [1.82, 2.24) is 0 Å². The molecule has 2 unspecified atom stereocenters. The van der Waals surface area contributed by atoms with Crippen molar-refractivity contribution in [3.8, 4) is 0 Å². The van der Waals surface area contributed by atoms with Crippen molar-refractivity contribution >= 4 is 23.2 Å². The maximum absolute atomic E-state index is 13.1. The number of aryl methyl sites for hydroxylation is 1. The van der Waals surface area contributed by atoms with Gasteiger partial charge in [-0.25, -0.2) is 0 Å². The third kappa shape index (κ3) is 2.19. The minimum absolute atomic E-state index is 0.108. The van der Waals surface area contributed by atoms with Crippen LogP contribution in [0.15, 0.2) is 18.2 Å². The number of rotatable bonds is 2. The van der Waals surface area contributed by atoms with E-state index in [1.807, 2.05) is 12.1 Å². The molecule has 4 aliphatic rings. The van der Waals surface area contributed by atoms with Crippen molar-refractivity contribution in [3.05, 3.63) is 29.3 Å². The zero-order valence-electron chi connectivity index (χ0n) is 13.4. The second-order valence-corrected chi connectivity index (χ2v) is 8.90. The summed E-state index contributed by atoms with van der Waals surface area (Å²) in [6, 6.07) is 6.11. The number of halogens is 1. The summed E-state index contributed by atoms with van der Waals surface area (Å²) in [5, 5.41) is 3.23. The molecule has 0 aromatic heterocycles. The average molecular weight is 318 g/mol. The summed E-state index contributed by atoms with van der Waals surface area (Å²) in [5.74, 6) is 1.52. The summed E-state index contributed by atoms with van der Waals surface area (Å²) in [4.78, 5) is 13.0. The van der Waals surface area contributed by atoms with Crippen LogP contribution in [-0.4, -0.2) is 10.8 Å². The Kier molecular flexibility index (Phi) is 3.14. The van der Waals surface area contributed by atoms with Crippen LogP contribution >= 0.6 is 11.6 Å². The number of carbonyl (C=O) groups is 1. The Bertz CT molecular complexity index is 624. The van der Waals surface area contributed by atoms with E-state index in [1.54, 1.807) is 0 Å². The molecule has 2 nitrogen and oxygen atoms in total. The second kappa shape index (κ2) is 4.74. The molecule has 22 heavy (non-hydrogen) atoms. The number of nitrogens with one attached hydrogen (secondary N) is 1. The SMILES string of the molecule is Cc1cccc(NC(=O)C23C[C@@H]4C[C@@H](CC(Cl)(C4)C2)C3)c1C. The highest BCUT2D eigenvalue weighted by Crippen LogP contribution is 2.64. The van der Waals surface area contributed by atoms with Gasteiger partial charge < -0.3 is 5.32 Å². The molecule has 4 bridgehead atoms. The third-order valence-electron chi connectivity index (χ3n) is 6.32. The van der Waals surface area contributed by atoms with E-state index < -0.39 is 0 Å². The van der Waals surface area contributed by atoms with Crippen LogP contribution in [0, 0.1) is 31.1 Å². The van der Waals surface area contributed by atoms with Gasteiger partial charge in [-0.05, 0) is 81.4 Å². The summed E-state index contributed by atoms with van der Waals surface area (Å²) in [5.41, 5.74) is 3.13. The van der Waals surface area contributed by atoms with Gasteiger partial charge in [-0.15, -0.1) is 11.6 Å². The maximum Gasteiger partial charge on any atom is 0.230 e. The van der Waals surface area contributed by atoms with Gasteiger partial charge in [-0.2, -0.15) is 0 Å². The van der Waals surface area contributed by atoms with Crippen molar-refractivity contribution in [1.29, 1.82) is 0 Å². The number of amides is 1. The quantitative estimate of drug-likeness (QED) is 0.778. The van der Waals surface area contributed by atoms with Crippen molar-refractivity contribution < 1.29 is 4.79 Å². The monoisotopic (exact) mass is 317 g/mol. The minimum atomic E-state index is -0.220. The van der Waals surface area contributed by atoms with Gasteiger partial charge in [-0.3, -0.25) is 4.79 Å². The first kappa shape index (κ1) is 14.6. The lowest BCUT2D eigenvalue weighted by Crippen LogP contribution is -2.57. The zero-order chi connectivity index (χ0) is 15.5. The van der Waals surface area contributed by atoms with E-state index in [-0.39, 0.29) is 16.2 Å². The first-order valence-corrected chi connectivity index (χ1v) is 8.84. The van der Waals surface area contributed by atoms with Crippen LogP contribution in [0.1, 0.15) is 49.7 Å². The predicted octanol–water partition coefficient (Wildman–Crippen LogP) is 4.82. The molecule has 4 fully saturated rings. The van der Waals surface area contributed by atoms with E-state index >= 15 is 0 Å². The molecule has 4 atom stereocenters. The van der Waals surface area contributed by atoms with Crippen LogP contribution in [0.4, 0.5) is 5.69 Å². The first-order valence-electron chi connectivity index (χ1n) is 8.46. The van der Waals surface area contributed by atoms with E-state index in [0.29, 0.717) is 11.8 Å². The Morgan fingerprint density at radius 1 is 1.18 bits per heavy atom. The van der Waals surface area contributed by atoms with Crippen LogP contribution in [0.2, 0.25) is 0 Å². The molecule has 118 valence electrons. The second-order valence-electron chi connectivity index (χ2n) is 8.09. The van der Waals surface area contributed by atoms with Gasteiger partial charge in [0.2, 0.25) is 5.91 Å². The fraction of sp³-hybridized carbons (Fsp3) is 0.632. The lowest BCUT2D eigenvalue weighted by Gasteiger charge is -2.59. The smallest absolute Gasteiger partial charge is 0.230 e. The van der Waals surface area contributed by atoms with Crippen molar-refractivity contribution in [3.63, 3.8) is 0 Å². The third-order valence-corrected chi connectivity index (χ3v) is 6.77. The molecule has 1 amide bonds. The largest absolute Gasteiger partial charge is 0.325 e. The van der Waals surface area contributed by atoms with Crippen LogP contribution in [0.25, 0.3) is 0 Å². The van der Waals surface area contributed by atoms with E-state index in [1.165, 1.54) is 17.5 Å². The fourth-order valence-electron chi connectivity index (χ4n) is 5.56. The highest BCUT2D eigenvalue weighted by atomic mass is 35.5. The molecule has 0 aliphatic heterocycles. The van der Waals surface area contributed by atoms with E-state index in [4.69, 9.17) is 11.6 Å². The normalized spacial score (nSPS) is 39.0. The summed E-state index contributed by atoms with van der Waals surface area (Å²) in [6.07, 6.45) is 6.45. The summed E-state index contributed by atoms with van der Waals surface area (Å²) in [7, 11) is 0.